The average Bonchev–Trinajstić information content (AvgIpc) is 2.55. The van der Waals surface area contributed by atoms with Crippen LogP contribution < -0.4 is 15.8 Å². The van der Waals surface area contributed by atoms with Gasteiger partial charge in [0.2, 0.25) is 0 Å². The largest absolute Gasteiger partial charge is 0.497 e. The van der Waals surface area contributed by atoms with Gasteiger partial charge >= 0.3 is 0 Å². The van der Waals surface area contributed by atoms with Gasteiger partial charge < -0.3 is 15.8 Å². The van der Waals surface area contributed by atoms with Gasteiger partial charge in [-0.05, 0) is 30.5 Å². The van der Waals surface area contributed by atoms with E-state index in [0.29, 0.717) is 5.96 Å². The van der Waals surface area contributed by atoms with E-state index in [1.807, 2.05) is 24.3 Å². The first-order chi connectivity index (χ1) is 11.2. The summed E-state index contributed by atoms with van der Waals surface area (Å²) in [5.74, 6) is 1.24. The summed E-state index contributed by atoms with van der Waals surface area (Å²) in [4.78, 5) is 4.59. The predicted molar refractivity (Wildman–Crippen MR) is 95.1 cm³/mol. The lowest BCUT2D eigenvalue weighted by Crippen LogP contribution is -2.38. The van der Waals surface area contributed by atoms with Gasteiger partial charge in [0.1, 0.15) is 5.75 Å². The van der Waals surface area contributed by atoms with Gasteiger partial charge in [-0.15, -0.1) is 0 Å². The van der Waals surface area contributed by atoms with Gasteiger partial charge in [0.05, 0.1) is 13.7 Å². The predicted octanol–water partition coefficient (Wildman–Crippen LogP) is 3.54. The van der Waals surface area contributed by atoms with Crippen LogP contribution in [0.4, 0.5) is 5.69 Å². The Balaban J connectivity index is 1.68. The first-order valence-electron chi connectivity index (χ1n) is 7.98. The molecule has 0 saturated heterocycles. The number of guanidine groups is 1. The summed E-state index contributed by atoms with van der Waals surface area (Å²) in [5, 5.41) is 3.14. The summed E-state index contributed by atoms with van der Waals surface area (Å²) in [6.45, 7) is 0.722. The summed E-state index contributed by atoms with van der Waals surface area (Å²) < 4.78 is 5.21. The number of nitrogens with two attached hydrogens (primary N) is 1. The van der Waals surface area contributed by atoms with E-state index in [9.17, 15) is 0 Å². The molecule has 0 amide bonds. The minimum Gasteiger partial charge on any atom is -0.497 e. The zero-order valence-corrected chi connectivity index (χ0v) is 13.5. The molecule has 0 unspecified atom stereocenters. The quantitative estimate of drug-likeness (QED) is 0.656. The fourth-order valence-corrected chi connectivity index (χ4v) is 3.06. The van der Waals surface area contributed by atoms with E-state index in [0.717, 1.165) is 18.0 Å². The molecule has 2 aromatic rings. The third kappa shape index (κ3) is 3.47. The van der Waals surface area contributed by atoms with Crippen molar-refractivity contribution in [2.45, 2.75) is 24.7 Å². The zero-order chi connectivity index (χ0) is 16.1. The van der Waals surface area contributed by atoms with Crippen molar-refractivity contribution >= 4 is 11.6 Å². The Hall–Kier alpha value is -2.49. The summed E-state index contributed by atoms with van der Waals surface area (Å²) >= 11 is 0. The van der Waals surface area contributed by atoms with E-state index in [1.165, 1.54) is 24.8 Å². The van der Waals surface area contributed by atoms with Crippen LogP contribution in [0.15, 0.2) is 59.6 Å². The maximum atomic E-state index is 6.06. The Bertz CT molecular complexity index is 678. The Morgan fingerprint density at radius 3 is 2.61 bits per heavy atom. The summed E-state index contributed by atoms with van der Waals surface area (Å²) in [6.07, 6.45) is 3.60. The van der Waals surface area contributed by atoms with Gasteiger partial charge in [0, 0.05) is 17.2 Å². The third-order valence-corrected chi connectivity index (χ3v) is 4.59. The smallest absolute Gasteiger partial charge is 0.193 e. The monoisotopic (exact) mass is 309 g/mol. The molecular formula is C19H23N3O. The van der Waals surface area contributed by atoms with Crippen LogP contribution in [0.3, 0.4) is 0 Å². The lowest BCUT2D eigenvalue weighted by atomic mass is 9.64. The van der Waals surface area contributed by atoms with Crippen molar-refractivity contribution in [3.05, 3.63) is 60.2 Å². The summed E-state index contributed by atoms with van der Waals surface area (Å²) in [6, 6.07) is 18.3. The van der Waals surface area contributed by atoms with Crippen LogP contribution in [0.5, 0.6) is 5.75 Å². The van der Waals surface area contributed by atoms with Gasteiger partial charge in [-0.25, -0.2) is 0 Å². The molecule has 0 radical (unpaired) electrons. The van der Waals surface area contributed by atoms with E-state index >= 15 is 0 Å². The molecule has 1 saturated carbocycles. The van der Waals surface area contributed by atoms with Crippen molar-refractivity contribution in [1.82, 2.24) is 0 Å². The minimum atomic E-state index is 0.155. The lowest BCUT2D eigenvalue weighted by molar-refractivity contribution is 0.254. The number of aliphatic imine (C=N–C) groups is 1. The van der Waals surface area contributed by atoms with Crippen molar-refractivity contribution in [2.75, 3.05) is 19.0 Å². The molecule has 23 heavy (non-hydrogen) atoms. The lowest BCUT2D eigenvalue weighted by Gasteiger charge is -2.41. The average molecular weight is 309 g/mol. The van der Waals surface area contributed by atoms with Gasteiger partial charge in [0.15, 0.2) is 5.96 Å². The molecule has 3 rings (SSSR count). The molecule has 0 heterocycles. The maximum Gasteiger partial charge on any atom is 0.193 e. The molecule has 3 N–H and O–H groups in total. The number of hydrogen-bond acceptors (Lipinski definition) is 2. The first-order valence-corrected chi connectivity index (χ1v) is 7.98. The van der Waals surface area contributed by atoms with Gasteiger partial charge in [-0.2, -0.15) is 0 Å². The van der Waals surface area contributed by atoms with Crippen molar-refractivity contribution < 1.29 is 4.74 Å². The highest BCUT2D eigenvalue weighted by molar-refractivity contribution is 5.92. The molecule has 4 heteroatoms. The normalized spacial score (nSPS) is 16.5. The fraction of sp³-hybridized carbons (Fsp3) is 0.316. The van der Waals surface area contributed by atoms with Crippen LogP contribution >= 0.6 is 0 Å². The molecule has 1 aliphatic rings. The van der Waals surface area contributed by atoms with E-state index < -0.39 is 0 Å². The fourth-order valence-electron chi connectivity index (χ4n) is 3.06. The highest BCUT2D eigenvalue weighted by atomic mass is 16.5. The molecular weight excluding hydrogens is 286 g/mol. The van der Waals surface area contributed by atoms with Gasteiger partial charge in [0.25, 0.3) is 0 Å². The Morgan fingerprint density at radius 1 is 1.17 bits per heavy atom. The maximum absolute atomic E-state index is 6.06. The SMILES string of the molecule is COc1cccc(NC(N)=NCC2(c3ccccc3)CCC2)c1. The topological polar surface area (TPSA) is 59.6 Å². The van der Waals surface area contributed by atoms with Crippen molar-refractivity contribution in [1.29, 1.82) is 0 Å². The summed E-state index contributed by atoms with van der Waals surface area (Å²) in [5.41, 5.74) is 8.46. The highest BCUT2D eigenvalue weighted by Gasteiger charge is 2.38. The second kappa shape index (κ2) is 6.73. The molecule has 1 fully saturated rings. The number of ether oxygens (including phenoxy) is 1. The van der Waals surface area contributed by atoms with E-state index in [4.69, 9.17) is 10.5 Å². The molecule has 1 aliphatic carbocycles. The van der Waals surface area contributed by atoms with Gasteiger partial charge in [-0.3, -0.25) is 4.99 Å². The van der Waals surface area contributed by atoms with Crippen LogP contribution in [0.25, 0.3) is 0 Å². The van der Waals surface area contributed by atoms with E-state index in [1.54, 1.807) is 7.11 Å². The number of rotatable bonds is 5. The van der Waals surface area contributed by atoms with E-state index in [-0.39, 0.29) is 5.41 Å². The standard InChI is InChI=1S/C19H23N3O/c1-23-17-10-5-9-16(13-17)22-18(20)21-14-19(11-6-12-19)15-7-3-2-4-8-15/h2-5,7-10,13H,6,11-12,14H2,1H3,(H3,20,21,22). The Kier molecular flexibility index (Phi) is 4.51. The second-order valence-electron chi connectivity index (χ2n) is 6.06. The zero-order valence-electron chi connectivity index (χ0n) is 13.5. The van der Waals surface area contributed by atoms with Crippen LogP contribution in [0.2, 0.25) is 0 Å². The van der Waals surface area contributed by atoms with Crippen LogP contribution in [0.1, 0.15) is 24.8 Å². The molecule has 120 valence electrons. The molecule has 0 aromatic heterocycles. The minimum absolute atomic E-state index is 0.155. The summed E-state index contributed by atoms with van der Waals surface area (Å²) in [7, 11) is 1.65. The van der Waals surface area contributed by atoms with Gasteiger partial charge in [-0.1, -0.05) is 42.8 Å². The molecule has 0 spiro atoms. The number of benzene rings is 2. The Morgan fingerprint density at radius 2 is 1.96 bits per heavy atom. The van der Waals surface area contributed by atoms with Crippen LogP contribution in [0, 0.1) is 0 Å². The Labute approximate surface area is 137 Å². The van der Waals surface area contributed by atoms with Crippen molar-refractivity contribution in [3.63, 3.8) is 0 Å². The molecule has 0 atom stereocenters. The number of nitrogens with zero attached hydrogens (tertiary/aromatic N) is 1. The van der Waals surface area contributed by atoms with E-state index in [2.05, 4.69) is 40.6 Å². The molecule has 2 aromatic carbocycles. The first kappa shape index (κ1) is 15.4. The highest BCUT2D eigenvalue weighted by Crippen LogP contribution is 2.43. The molecule has 0 bridgehead atoms. The number of methoxy groups -OCH3 is 1. The number of anilines is 1. The third-order valence-electron chi connectivity index (χ3n) is 4.59. The number of hydrogen-bond donors (Lipinski definition) is 2. The van der Waals surface area contributed by atoms with Crippen molar-refractivity contribution in [2.24, 2.45) is 10.7 Å². The van der Waals surface area contributed by atoms with Crippen LogP contribution in [-0.4, -0.2) is 19.6 Å². The second-order valence-corrected chi connectivity index (χ2v) is 6.06. The van der Waals surface area contributed by atoms with Crippen LogP contribution in [-0.2, 0) is 5.41 Å². The molecule has 0 aliphatic heterocycles. The van der Waals surface area contributed by atoms with Crippen molar-refractivity contribution in [3.8, 4) is 5.75 Å². The molecule has 4 nitrogen and oxygen atoms in total. The number of nitrogens with one attached hydrogen (secondary N) is 1.